The number of anilines is 1. The van der Waals surface area contributed by atoms with Gasteiger partial charge in [0.25, 0.3) is 0 Å². The minimum atomic E-state index is 0.700. The van der Waals surface area contributed by atoms with Gasteiger partial charge in [0.1, 0.15) is 7.85 Å². The molecule has 1 nitrogen and oxygen atoms in total. The van der Waals surface area contributed by atoms with Crippen LogP contribution in [0.4, 0.5) is 5.69 Å². The van der Waals surface area contributed by atoms with Crippen LogP contribution in [0.2, 0.25) is 0 Å². The van der Waals surface area contributed by atoms with Crippen LogP contribution in [0.5, 0.6) is 0 Å². The van der Waals surface area contributed by atoms with Crippen LogP contribution in [0.3, 0.4) is 0 Å². The molecule has 12 heavy (non-hydrogen) atoms. The SMILES string of the molecule is [B]c1cccc(NC2CC2)c1C. The Kier molecular flexibility index (Phi) is 1.83. The van der Waals surface area contributed by atoms with Crippen molar-refractivity contribution in [2.45, 2.75) is 25.8 Å². The van der Waals surface area contributed by atoms with Crippen molar-refractivity contribution in [3.63, 3.8) is 0 Å². The fourth-order valence-electron chi connectivity index (χ4n) is 1.26. The largest absolute Gasteiger partial charge is 0.382 e. The van der Waals surface area contributed by atoms with Crippen LogP contribution < -0.4 is 10.8 Å². The van der Waals surface area contributed by atoms with E-state index in [2.05, 4.69) is 18.3 Å². The van der Waals surface area contributed by atoms with Gasteiger partial charge < -0.3 is 5.32 Å². The van der Waals surface area contributed by atoms with Crippen LogP contribution >= 0.6 is 0 Å². The topological polar surface area (TPSA) is 12.0 Å². The monoisotopic (exact) mass is 157 g/mol. The molecule has 0 aromatic heterocycles. The molecule has 1 fully saturated rings. The predicted octanol–water partition coefficient (Wildman–Crippen LogP) is 1.36. The van der Waals surface area contributed by atoms with Crippen LogP contribution in [0.1, 0.15) is 18.4 Å². The molecule has 1 N–H and O–H groups in total. The smallest absolute Gasteiger partial charge is 0.114 e. The summed E-state index contributed by atoms with van der Waals surface area (Å²) in [5.74, 6) is 0. The minimum Gasteiger partial charge on any atom is -0.382 e. The molecule has 0 unspecified atom stereocenters. The van der Waals surface area contributed by atoms with Gasteiger partial charge >= 0.3 is 0 Å². The first kappa shape index (κ1) is 7.72. The maximum Gasteiger partial charge on any atom is 0.114 e. The van der Waals surface area contributed by atoms with Gasteiger partial charge in [0, 0.05) is 11.7 Å². The molecular formula is C10H12BN. The maximum absolute atomic E-state index is 5.78. The highest BCUT2D eigenvalue weighted by atomic mass is 15.0. The quantitative estimate of drug-likeness (QED) is 0.639. The second-order valence-corrected chi connectivity index (χ2v) is 3.44. The Labute approximate surface area is 74.6 Å². The van der Waals surface area contributed by atoms with Crippen molar-refractivity contribution in [3.05, 3.63) is 23.8 Å². The fraction of sp³-hybridized carbons (Fsp3) is 0.400. The summed E-state index contributed by atoms with van der Waals surface area (Å²) in [4.78, 5) is 0. The average molecular weight is 157 g/mol. The van der Waals surface area contributed by atoms with E-state index in [9.17, 15) is 0 Å². The maximum atomic E-state index is 5.78. The van der Waals surface area contributed by atoms with Crippen molar-refractivity contribution in [3.8, 4) is 0 Å². The molecule has 0 heterocycles. The molecule has 0 bridgehead atoms. The van der Waals surface area contributed by atoms with Crippen molar-refractivity contribution in [1.82, 2.24) is 0 Å². The third-order valence-electron chi connectivity index (χ3n) is 2.31. The molecule has 1 aromatic carbocycles. The van der Waals surface area contributed by atoms with Gasteiger partial charge in [-0.3, -0.25) is 0 Å². The molecular weight excluding hydrogens is 145 g/mol. The highest BCUT2D eigenvalue weighted by molar-refractivity contribution is 6.33. The molecule has 2 rings (SSSR count). The van der Waals surface area contributed by atoms with Gasteiger partial charge in [-0.25, -0.2) is 0 Å². The Morgan fingerprint density at radius 3 is 2.83 bits per heavy atom. The lowest BCUT2D eigenvalue weighted by Crippen LogP contribution is -2.11. The molecule has 60 valence electrons. The standard InChI is InChI=1S/C10H12BN/c1-7-9(11)3-2-4-10(7)12-8-5-6-8/h2-4,8,12H,5-6H2,1H3. The molecule has 0 amide bonds. The molecule has 1 aliphatic carbocycles. The summed E-state index contributed by atoms with van der Waals surface area (Å²) in [5.41, 5.74) is 3.24. The first-order valence-electron chi connectivity index (χ1n) is 4.39. The second kappa shape index (κ2) is 2.85. The van der Waals surface area contributed by atoms with Gasteiger partial charge in [-0.05, 0) is 31.4 Å². The van der Waals surface area contributed by atoms with E-state index in [-0.39, 0.29) is 0 Å². The molecule has 0 saturated heterocycles. The normalized spacial score (nSPS) is 16.1. The zero-order valence-corrected chi connectivity index (χ0v) is 7.30. The third kappa shape index (κ3) is 1.47. The Bertz CT molecular complexity index is 292. The summed E-state index contributed by atoms with van der Waals surface area (Å²) in [6.45, 7) is 2.06. The van der Waals surface area contributed by atoms with Gasteiger partial charge in [-0.15, -0.1) is 0 Å². The van der Waals surface area contributed by atoms with Crippen molar-refractivity contribution in [2.24, 2.45) is 0 Å². The summed E-state index contributed by atoms with van der Waals surface area (Å²) >= 11 is 0. The van der Waals surface area contributed by atoms with Crippen LogP contribution in [0.25, 0.3) is 0 Å². The number of hydrogen-bond acceptors (Lipinski definition) is 1. The molecule has 2 heteroatoms. The molecule has 1 aromatic rings. The van der Waals surface area contributed by atoms with E-state index in [1.165, 1.54) is 24.1 Å². The molecule has 1 aliphatic rings. The van der Waals surface area contributed by atoms with E-state index < -0.39 is 0 Å². The summed E-state index contributed by atoms with van der Waals surface area (Å²) in [7, 11) is 5.78. The van der Waals surface area contributed by atoms with E-state index in [1.54, 1.807) is 0 Å². The van der Waals surface area contributed by atoms with E-state index >= 15 is 0 Å². The van der Waals surface area contributed by atoms with Gasteiger partial charge in [-0.1, -0.05) is 17.6 Å². The number of rotatable bonds is 2. The lowest BCUT2D eigenvalue weighted by atomic mass is 9.90. The summed E-state index contributed by atoms with van der Waals surface area (Å²) < 4.78 is 0. The summed E-state index contributed by atoms with van der Waals surface area (Å²) in [5, 5.41) is 3.44. The lowest BCUT2D eigenvalue weighted by molar-refractivity contribution is 1.15. The molecule has 0 atom stereocenters. The van der Waals surface area contributed by atoms with E-state index in [0.717, 1.165) is 5.46 Å². The number of benzene rings is 1. The Balaban J connectivity index is 2.23. The van der Waals surface area contributed by atoms with Crippen molar-refractivity contribution in [1.29, 1.82) is 0 Å². The van der Waals surface area contributed by atoms with Gasteiger partial charge in [0.05, 0.1) is 0 Å². The highest BCUT2D eigenvalue weighted by Crippen LogP contribution is 2.25. The lowest BCUT2D eigenvalue weighted by Gasteiger charge is -2.10. The number of hydrogen-bond donors (Lipinski definition) is 1. The Hall–Kier alpha value is -0.915. The van der Waals surface area contributed by atoms with Crippen LogP contribution in [-0.2, 0) is 0 Å². The minimum absolute atomic E-state index is 0.700. The van der Waals surface area contributed by atoms with E-state index in [0.29, 0.717) is 6.04 Å². The Morgan fingerprint density at radius 2 is 2.17 bits per heavy atom. The van der Waals surface area contributed by atoms with E-state index in [1.807, 2.05) is 12.1 Å². The van der Waals surface area contributed by atoms with E-state index in [4.69, 9.17) is 7.85 Å². The fourth-order valence-corrected chi connectivity index (χ4v) is 1.26. The van der Waals surface area contributed by atoms with Crippen LogP contribution in [0.15, 0.2) is 18.2 Å². The summed E-state index contributed by atoms with van der Waals surface area (Å²) in [6, 6.07) is 6.72. The molecule has 0 aliphatic heterocycles. The average Bonchev–Trinajstić information content (AvgIpc) is 2.83. The van der Waals surface area contributed by atoms with Crippen LogP contribution in [0, 0.1) is 6.92 Å². The van der Waals surface area contributed by atoms with Crippen LogP contribution in [-0.4, -0.2) is 13.9 Å². The molecule has 0 spiro atoms. The summed E-state index contributed by atoms with van der Waals surface area (Å²) in [6.07, 6.45) is 2.60. The van der Waals surface area contributed by atoms with Crippen molar-refractivity contribution >= 4 is 19.0 Å². The zero-order chi connectivity index (χ0) is 8.55. The van der Waals surface area contributed by atoms with Gasteiger partial charge in [-0.2, -0.15) is 0 Å². The van der Waals surface area contributed by atoms with Gasteiger partial charge in [0.15, 0.2) is 0 Å². The first-order chi connectivity index (χ1) is 5.77. The zero-order valence-electron chi connectivity index (χ0n) is 7.30. The molecule has 1 saturated carbocycles. The predicted molar refractivity (Wildman–Crippen MR) is 53.2 cm³/mol. The number of nitrogens with one attached hydrogen (secondary N) is 1. The first-order valence-corrected chi connectivity index (χ1v) is 4.39. The molecule has 2 radical (unpaired) electrons. The van der Waals surface area contributed by atoms with Gasteiger partial charge in [0.2, 0.25) is 0 Å². The van der Waals surface area contributed by atoms with Crippen molar-refractivity contribution < 1.29 is 0 Å². The highest BCUT2D eigenvalue weighted by Gasteiger charge is 2.21. The second-order valence-electron chi connectivity index (χ2n) is 3.44. The third-order valence-corrected chi connectivity index (χ3v) is 2.31. The van der Waals surface area contributed by atoms with Crippen molar-refractivity contribution in [2.75, 3.05) is 5.32 Å². The Morgan fingerprint density at radius 1 is 1.42 bits per heavy atom.